The Labute approximate surface area is 180 Å². The number of aryl methyl sites for hydroxylation is 1. The molecular weight excluding hydrogens is 455 g/mol. The third-order valence-electron chi connectivity index (χ3n) is 4.71. The molecule has 1 aliphatic heterocycles. The Morgan fingerprint density at radius 3 is 2.78 bits per heavy atom. The molecule has 1 aromatic carbocycles. The second-order valence-corrected chi connectivity index (χ2v) is 6.96. The van der Waals surface area contributed by atoms with Crippen molar-refractivity contribution in [1.82, 2.24) is 10.2 Å². The number of anilines is 1. The molecule has 1 aliphatic rings. The number of hydrogen-bond donors (Lipinski definition) is 1. The lowest BCUT2D eigenvalue weighted by Crippen LogP contribution is -2.48. The third kappa shape index (κ3) is 6.55. The van der Waals surface area contributed by atoms with E-state index in [0.29, 0.717) is 19.7 Å². The van der Waals surface area contributed by atoms with Gasteiger partial charge in [-0.2, -0.15) is 0 Å². The molecule has 1 fully saturated rings. The fourth-order valence-corrected chi connectivity index (χ4v) is 3.37. The van der Waals surface area contributed by atoms with Crippen LogP contribution in [0, 0.1) is 12.8 Å². The Balaban J connectivity index is 0.00000364. The molecular formula is C20H33IN4O2. The van der Waals surface area contributed by atoms with Crippen LogP contribution in [0.3, 0.4) is 0 Å². The molecule has 0 unspecified atom stereocenters. The number of benzene rings is 1. The minimum Gasteiger partial charge on any atom is -0.466 e. The minimum absolute atomic E-state index is 0. The van der Waals surface area contributed by atoms with E-state index in [1.807, 2.05) is 6.92 Å². The fraction of sp³-hybridized carbons (Fsp3) is 0.600. The Morgan fingerprint density at radius 2 is 2.15 bits per heavy atom. The minimum atomic E-state index is -0.0962. The number of ether oxygens (including phenoxy) is 1. The van der Waals surface area contributed by atoms with E-state index < -0.39 is 0 Å². The van der Waals surface area contributed by atoms with E-state index in [1.165, 1.54) is 16.8 Å². The summed E-state index contributed by atoms with van der Waals surface area (Å²) in [7, 11) is 5.90. The van der Waals surface area contributed by atoms with Crippen molar-refractivity contribution < 1.29 is 9.53 Å². The first kappa shape index (κ1) is 23.5. The number of nitrogens with one attached hydrogen (secondary N) is 1. The lowest BCUT2D eigenvalue weighted by atomic mass is 9.98. The Bertz CT molecular complexity index is 649. The van der Waals surface area contributed by atoms with Crippen LogP contribution in [0.4, 0.5) is 5.69 Å². The van der Waals surface area contributed by atoms with E-state index in [0.717, 1.165) is 25.3 Å². The zero-order chi connectivity index (χ0) is 19.1. The molecule has 0 radical (unpaired) electrons. The number of aliphatic imine (C=N–C) groups is 1. The molecule has 1 atom stereocenters. The number of carbonyl (C=O) groups is 1. The first-order chi connectivity index (χ1) is 12.5. The molecule has 1 saturated heterocycles. The number of rotatable bonds is 5. The quantitative estimate of drug-likeness (QED) is 0.299. The van der Waals surface area contributed by atoms with Crippen LogP contribution >= 0.6 is 24.0 Å². The summed E-state index contributed by atoms with van der Waals surface area (Å²) >= 11 is 0. The van der Waals surface area contributed by atoms with Crippen molar-refractivity contribution in [1.29, 1.82) is 0 Å². The standard InChI is InChI=1S/C20H32N4O2.HI/c1-6-26-19(25)17-8-7-11-24(14-17)20(21-3)22-13-16-10-9-15(2)12-18(16)23(4)5;/h9-10,12,17H,6-8,11,13-14H2,1-5H3,(H,21,22);1H/t17-;/m0./s1. The zero-order valence-corrected chi connectivity index (χ0v) is 19.4. The largest absolute Gasteiger partial charge is 0.466 e. The zero-order valence-electron chi connectivity index (χ0n) is 17.1. The first-order valence-corrected chi connectivity index (χ1v) is 9.35. The van der Waals surface area contributed by atoms with E-state index in [1.54, 1.807) is 7.05 Å². The number of halogens is 1. The van der Waals surface area contributed by atoms with Crippen LogP contribution in [0.1, 0.15) is 30.9 Å². The number of likely N-dealkylation sites (tertiary alicyclic amines) is 1. The summed E-state index contributed by atoms with van der Waals surface area (Å²) in [5.74, 6) is 0.671. The van der Waals surface area contributed by atoms with Gasteiger partial charge in [0.1, 0.15) is 0 Å². The Kier molecular flexibility index (Phi) is 9.90. The number of nitrogens with zero attached hydrogens (tertiary/aromatic N) is 3. The number of guanidine groups is 1. The smallest absolute Gasteiger partial charge is 0.310 e. The van der Waals surface area contributed by atoms with Crippen LogP contribution in [0.5, 0.6) is 0 Å². The molecule has 1 aromatic rings. The predicted molar refractivity (Wildman–Crippen MR) is 122 cm³/mol. The van der Waals surface area contributed by atoms with Crippen molar-refractivity contribution in [3.63, 3.8) is 0 Å². The summed E-state index contributed by atoms with van der Waals surface area (Å²) in [4.78, 5) is 20.8. The SMILES string of the molecule is CCOC(=O)[C@H]1CCCN(C(=NC)NCc2ccc(C)cc2N(C)C)C1.I. The molecule has 6 nitrogen and oxygen atoms in total. The summed E-state index contributed by atoms with van der Waals surface area (Å²) in [6.45, 7) is 6.65. The third-order valence-corrected chi connectivity index (χ3v) is 4.71. The average Bonchev–Trinajstić information content (AvgIpc) is 2.63. The van der Waals surface area contributed by atoms with Gasteiger partial charge in [-0.25, -0.2) is 0 Å². The van der Waals surface area contributed by atoms with Gasteiger partial charge in [-0.05, 0) is 43.9 Å². The van der Waals surface area contributed by atoms with Gasteiger partial charge in [0.25, 0.3) is 0 Å². The molecule has 0 spiro atoms. The molecule has 27 heavy (non-hydrogen) atoms. The molecule has 0 aromatic heterocycles. The van der Waals surface area contributed by atoms with E-state index in [-0.39, 0.29) is 35.9 Å². The summed E-state index contributed by atoms with van der Waals surface area (Å²) in [5, 5.41) is 3.46. The summed E-state index contributed by atoms with van der Waals surface area (Å²) < 4.78 is 5.19. The molecule has 7 heteroatoms. The van der Waals surface area contributed by atoms with Crippen molar-refractivity contribution in [2.75, 3.05) is 45.7 Å². The molecule has 0 bridgehead atoms. The van der Waals surface area contributed by atoms with Crippen molar-refractivity contribution in [2.24, 2.45) is 10.9 Å². The molecule has 1 N–H and O–H groups in total. The topological polar surface area (TPSA) is 57.2 Å². The van der Waals surface area contributed by atoms with Gasteiger partial charge in [0.05, 0.1) is 12.5 Å². The highest BCUT2D eigenvalue weighted by Gasteiger charge is 2.28. The molecule has 0 aliphatic carbocycles. The fourth-order valence-electron chi connectivity index (χ4n) is 3.37. The van der Waals surface area contributed by atoms with E-state index in [4.69, 9.17) is 4.74 Å². The number of esters is 1. The Hall–Kier alpha value is -1.51. The molecule has 1 heterocycles. The van der Waals surface area contributed by atoms with Gasteiger partial charge in [-0.15, -0.1) is 24.0 Å². The Morgan fingerprint density at radius 1 is 1.41 bits per heavy atom. The molecule has 152 valence electrons. The van der Waals surface area contributed by atoms with Gasteiger partial charge in [0, 0.05) is 46.5 Å². The number of hydrogen-bond acceptors (Lipinski definition) is 4. The average molecular weight is 488 g/mol. The normalized spacial score (nSPS) is 17.1. The maximum Gasteiger partial charge on any atom is 0.310 e. The first-order valence-electron chi connectivity index (χ1n) is 9.35. The van der Waals surface area contributed by atoms with Crippen LogP contribution in [0.15, 0.2) is 23.2 Å². The van der Waals surface area contributed by atoms with Gasteiger partial charge in [0.15, 0.2) is 5.96 Å². The summed E-state index contributed by atoms with van der Waals surface area (Å²) in [5.41, 5.74) is 3.67. The molecule has 0 amide bonds. The lowest BCUT2D eigenvalue weighted by Gasteiger charge is -2.34. The predicted octanol–water partition coefficient (Wildman–Crippen LogP) is 3.03. The van der Waals surface area contributed by atoms with E-state index >= 15 is 0 Å². The monoisotopic (exact) mass is 488 g/mol. The second kappa shape index (κ2) is 11.4. The molecule has 2 rings (SSSR count). The maximum atomic E-state index is 12.1. The van der Waals surface area contributed by atoms with Crippen LogP contribution in [0.25, 0.3) is 0 Å². The second-order valence-electron chi connectivity index (χ2n) is 6.96. The van der Waals surface area contributed by atoms with E-state index in [9.17, 15) is 4.79 Å². The number of piperidine rings is 1. The van der Waals surface area contributed by atoms with Gasteiger partial charge < -0.3 is 19.9 Å². The lowest BCUT2D eigenvalue weighted by molar-refractivity contribution is -0.149. The van der Waals surface area contributed by atoms with Crippen molar-refractivity contribution in [2.45, 2.75) is 33.2 Å². The van der Waals surface area contributed by atoms with Gasteiger partial charge in [0.2, 0.25) is 0 Å². The summed E-state index contributed by atoms with van der Waals surface area (Å²) in [6, 6.07) is 6.48. The highest BCUT2D eigenvalue weighted by molar-refractivity contribution is 14.0. The van der Waals surface area contributed by atoms with Crippen molar-refractivity contribution >= 4 is 41.6 Å². The maximum absolute atomic E-state index is 12.1. The van der Waals surface area contributed by atoms with Crippen LogP contribution < -0.4 is 10.2 Å². The van der Waals surface area contributed by atoms with Gasteiger partial charge >= 0.3 is 5.97 Å². The highest BCUT2D eigenvalue weighted by atomic mass is 127. The van der Waals surface area contributed by atoms with Gasteiger partial charge in [-0.1, -0.05) is 12.1 Å². The highest BCUT2D eigenvalue weighted by Crippen LogP contribution is 2.21. The van der Waals surface area contributed by atoms with Crippen LogP contribution in [-0.2, 0) is 16.1 Å². The molecule has 0 saturated carbocycles. The van der Waals surface area contributed by atoms with Crippen molar-refractivity contribution in [3.8, 4) is 0 Å². The van der Waals surface area contributed by atoms with Crippen LogP contribution in [-0.4, -0.2) is 57.7 Å². The summed E-state index contributed by atoms with van der Waals surface area (Å²) in [6.07, 6.45) is 1.85. The van der Waals surface area contributed by atoms with Crippen LogP contribution in [0.2, 0.25) is 0 Å². The number of carbonyl (C=O) groups excluding carboxylic acids is 1. The van der Waals surface area contributed by atoms with E-state index in [2.05, 4.69) is 59.3 Å². The van der Waals surface area contributed by atoms with Gasteiger partial charge in [-0.3, -0.25) is 9.79 Å². The van der Waals surface area contributed by atoms with Crippen molar-refractivity contribution in [3.05, 3.63) is 29.3 Å².